The van der Waals surface area contributed by atoms with Crippen LogP contribution in [0.1, 0.15) is 52.0 Å². The Kier molecular flexibility index (Phi) is 5.78. The summed E-state index contributed by atoms with van der Waals surface area (Å²) < 4.78 is 12.8. The molecule has 1 aliphatic heterocycles. The maximum absolute atomic E-state index is 12.0. The van der Waals surface area contributed by atoms with Crippen molar-refractivity contribution in [3.8, 4) is 0 Å². The van der Waals surface area contributed by atoms with Crippen LogP contribution in [-0.2, 0) is 20.7 Å². The quantitative estimate of drug-likeness (QED) is 0.792. The number of hydrogen-bond acceptors (Lipinski definition) is 7. The van der Waals surface area contributed by atoms with E-state index >= 15 is 0 Å². The number of carboxylic acid groups (broad SMARTS) is 1. The molecule has 3 heterocycles. The highest BCUT2D eigenvalue weighted by atomic mass is 16.6. The van der Waals surface area contributed by atoms with Crippen LogP contribution < -0.4 is 5.32 Å². The van der Waals surface area contributed by atoms with Gasteiger partial charge in [-0.2, -0.15) is 0 Å². The molecule has 152 valence electrons. The lowest BCUT2D eigenvalue weighted by atomic mass is 10.1. The molecule has 0 radical (unpaired) electrons. The summed E-state index contributed by atoms with van der Waals surface area (Å²) in [7, 11) is 0. The highest BCUT2D eigenvalue weighted by Gasteiger charge is 2.27. The Bertz CT molecular complexity index is 854. The van der Waals surface area contributed by atoms with Gasteiger partial charge in [0.15, 0.2) is 5.65 Å². The molecule has 0 unspecified atom stereocenters. The predicted molar refractivity (Wildman–Crippen MR) is 98.7 cm³/mol. The first-order chi connectivity index (χ1) is 13.2. The molecule has 28 heavy (non-hydrogen) atoms. The van der Waals surface area contributed by atoms with Gasteiger partial charge in [-0.15, -0.1) is 0 Å². The number of aliphatic carboxylic acids is 1. The molecule has 0 spiro atoms. The number of alkyl carbamates (subject to hydrolysis) is 1. The molecule has 2 aromatic heterocycles. The molecular weight excluding hydrogens is 366 g/mol. The Morgan fingerprint density at radius 2 is 2.14 bits per heavy atom. The summed E-state index contributed by atoms with van der Waals surface area (Å²) in [5, 5.41) is 11.9. The van der Waals surface area contributed by atoms with Crippen LogP contribution in [0.4, 0.5) is 4.79 Å². The predicted octanol–water partition coefficient (Wildman–Crippen LogP) is 2.05. The zero-order valence-electron chi connectivity index (χ0n) is 16.2. The fourth-order valence-electron chi connectivity index (χ4n) is 3.05. The van der Waals surface area contributed by atoms with Gasteiger partial charge in [-0.3, -0.25) is 4.57 Å². The largest absolute Gasteiger partial charge is 0.480 e. The van der Waals surface area contributed by atoms with E-state index in [2.05, 4.69) is 20.3 Å². The van der Waals surface area contributed by atoms with Crippen molar-refractivity contribution in [2.45, 2.75) is 64.3 Å². The van der Waals surface area contributed by atoms with Gasteiger partial charge >= 0.3 is 12.1 Å². The summed E-state index contributed by atoms with van der Waals surface area (Å²) in [4.78, 5) is 36.4. The maximum Gasteiger partial charge on any atom is 0.408 e. The number of carbonyl (C=O) groups is 2. The Balaban J connectivity index is 1.81. The lowest BCUT2D eigenvalue weighted by molar-refractivity contribution is -0.139. The number of fused-ring (bicyclic) bond motifs is 1. The van der Waals surface area contributed by atoms with Crippen molar-refractivity contribution < 1.29 is 24.2 Å². The number of aromatic nitrogens is 4. The SMILES string of the molecule is CC(C)(C)OC(=O)N[C@@H](Cc1ncnc2c1ncn2[C@H]1CCCCO1)C(=O)O. The second-order valence-electron chi connectivity index (χ2n) is 7.71. The third-order valence-corrected chi connectivity index (χ3v) is 4.29. The Labute approximate surface area is 162 Å². The van der Waals surface area contributed by atoms with Gasteiger partial charge in [0.1, 0.15) is 29.7 Å². The fraction of sp³-hybridized carbons (Fsp3) is 0.611. The zero-order valence-corrected chi connectivity index (χ0v) is 16.2. The molecule has 10 nitrogen and oxygen atoms in total. The number of rotatable bonds is 5. The minimum absolute atomic E-state index is 0.0455. The van der Waals surface area contributed by atoms with Crippen LogP contribution >= 0.6 is 0 Å². The maximum atomic E-state index is 12.0. The highest BCUT2D eigenvalue weighted by Crippen LogP contribution is 2.26. The second kappa shape index (κ2) is 8.09. The summed E-state index contributed by atoms with van der Waals surface area (Å²) in [6, 6.07) is -1.20. The topological polar surface area (TPSA) is 128 Å². The van der Waals surface area contributed by atoms with Gasteiger partial charge in [-0.25, -0.2) is 24.5 Å². The Morgan fingerprint density at radius 1 is 1.36 bits per heavy atom. The number of hydrogen-bond donors (Lipinski definition) is 2. The third-order valence-electron chi connectivity index (χ3n) is 4.29. The van der Waals surface area contributed by atoms with Gasteiger partial charge in [-0.05, 0) is 40.0 Å². The van der Waals surface area contributed by atoms with Gasteiger partial charge in [0.05, 0.1) is 12.0 Å². The molecule has 1 fully saturated rings. The molecule has 1 aliphatic rings. The number of amides is 1. The summed E-state index contributed by atoms with van der Waals surface area (Å²) >= 11 is 0. The summed E-state index contributed by atoms with van der Waals surface area (Å²) in [5.74, 6) is -1.19. The average molecular weight is 391 g/mol. The Hall–Kier alpha value is -2.75. The first kappa shape index (κ1) is 20.0. The van der Waals surface area contributed by atoms with Crippen molar-refractivity contribution in [1.29, 1.82) is 0 Å². The number of ether oxygens (including phenoxy) is 2. The molecule has 1 saturated heterocycles. The van der Waals surface area contributed by atoms with Crippen molar-refractivity contribution in [1.82, 2.24) is 24.8 Å². The standard InChI is InChI=1S/C18H25N5O5/c1-18(2,3)28-17(26)22-12(16(24)25)8-11-14-15(20-9-19-11)23(10-21-14)13-6-4-5-7-27-13/h9-10,12-13H,4-8H2,1-3H3,(H,22,26)(H,24,25)/t12-,13+/m0/s1. The average Bonchev–Trinajstić information content (AvgIpc) is 3.05. The molecule has 0 bridgehead atoms. The molecule has 3 rings (SSSR count). The van der Waals surface area contributed by atoms with Gasteiger partial charge in [0, 0.05) is 13.0 Å². The van der Waals surface area contributed by atoms with E-state index in [4.69, 9.17) is 9.47 Å². The fourth-order valence-corrected chi connectivity index (χ4v) is 3.05. The van der Waals surface area contributed by atoms with Crippen LogP contribution in [0.5, 0.6) is 0 Å². The second-order valence-corrected chi connectivity index (χ2v) is 7.71. The van der Waals surface area contributed by atoms with Crippen LogP contribution in [-0.4, -0.2) is 54.9 Å². The number of nitrogens with one attached hydrogen (secondary N) is 1. The van der Waals surface area contributed by atoms with E-state index < -0.39 is 23.7 Å². The molecule has 2 N–H and O–H groups in total. The monoisotopic (exact) mass is 391 g/mol. The van der Waals surface area contributed by atoms with E-state index in [1.54, 1.807) is 27.1 Å². The van der Waals surface area contributed by atoms with E-state index in [0.717, 1.165) is 19.3 Å². The van der Waals surface area contributed by atoms with Crippen LogP contribution in [0.15, 0.2) is 12.7 Å². The van der Waals surface area contributed by atoms with E-state index in [-0.39, 0.29) is 12.6 Å². The minimum atomic E-state index is -1.20. The van der Waals surface area contributed by atoms with Crippen LogP contribution in [0.3, 0.4) is 0 Å². The molecule has 0 saturated carbocycles. The number of nitrogens with zero attached hydrogens (tertiary/aromatic N) is 4. The summed E-state index contributed by atoms with van der Waals surface area (Å²) in [6.45, 7) is 5.80. The van der Waals surface area contributed by atoms with Crippen LogP contribution in [0, 0.1) is 0 Å². The summed E-state index contributed by atoms with van der Waals surface area (Å²) in [6.07, 6.45) is 4.96. The van der Waals surface area contributed by atoms with Crippen molar-refractivity contribution in [2.75, 3.05) is 6.61 Å². The summed E-state index contributed by atoms with van der Waals surface area (Å²) in [5.41, 5.74) is 0.781. The molecule has 0 aliphatic carbocycles. The third kappa shape index (κ3) is 4.75. The zero-order chi connectivity index (χ0) is 20.3. The first-order valence-corrected chi connectivity index (χ1v) is 9.25. The van der Waals surface area contributed by atoms with Crippen molar-refractivity contribution in [3.63, 3.8) is 0 Å². The van der Waals surface area contributed by atoms with Crippen molar-refractivity contribution in [2.24, 2.45) is 0 Å². The number of carbonyl (C=O) groups excluding carboxylic acids is 1. The number of carboxylic acids is 1. The molecule has 1 amide bonds. The van der Waals surface area contributed by atoms with Gasteiger partial charge in [-0.1, -0.05) is 0 Å². The molecule has 2 aromatic rings. The minimum Gasteiger partial charge on any atom is -0.480 e. The van der Waals surface area contributed by atoms with Crippen molar-refractivity contribution >= 4 is 23.2 Å². The van der Waals surface area contributed by atoms with E-state index in [1.807, 2.05) is 4.57 Å². The lowest BCUT2D eigenvalue weighted by Gasteiger charge is -2.23. The first-order valence-electron chi connectivity index (χ1n) is 9.25. The van der Waals surface area contributed by atoms with Gasteiger partial charge in [0.25, 0.3) is 0 Å². The molecular formula is C18H25N5O5. The molecule has 0 aromatic carbocycles. The smallest absolute Gasteiger partial charge is 0.408 e. The lowest BCUT2D eigenvalue weighted by Crippen LogP contribution is -2.44. The van der Waals surface area contributed by atoms with E-state index in [9.17, 15) is 14.7 Å². The van der Waals surface area contributed by atoms with E-state index in [0.29, 0.717) is 23.5 Å². The molecule has 10 heteroatoms. The van der Waals surface area contributed by atoms with E-state index in [1.165, 1.54) is 6.33 Å². The van der Waals surface area contributed by atoms with Crippen LogP contribution in [0.25, 0.3) is 11.2 Å². The van der Waals surface area contributed by atoms with Gasteiger partial charge in [0.2, 0.25) is 0 Å². The van der Waals surface area contributed by atoms with Gasteiger partial charge < -0.3 is 19.9 Å². The number of imidazole rings is 1. The Morgan fingerprint density at radius 3 is 2.79 bits per heavy atom. The molecule has 2 atom stereocenters. The van der Waals surface area contributed by atoms with Crippen LogP contribution in [0.2, 0.25) is 0 Å². The normalized spacial score (nSPS) is 18.6. The highest BCUT2D eigenvalue weighted by molar-refractivity contribution is 5.81. The van der Waals surface area contributed by atoms with Crippen molar-refractivity contribution in [3.05, 3.63) is 18.3 Å².